The van der Waals surface area contributed by atoms with Gasteiger partial charge in [0.15, 0.2) is 0 Å². The standard InChI is InChI=1S/C14H10ClNO2/c15-13-7-3-1-5-11(13)9-10-12-6-2-4-8-14(12)16(17)18/h1-10H/b10-9+. The van der Waals surface area contributed by atoms with Crippen molar-refractivity contribution in [1.29, 1.82) is 0 Å². The second-order valence-corrected chi connectivity index (χ2v) is 4.08. The molecule has 0 saturated heterocycles. The first-order chi connectivity index (χ1) is 8.68. The number of nitro groups is 1. The molecule has 2 rings (SSSR count). The summed E-state index contributed by atoms with van der Waals surface area (Å²) in [5, 5.41) is 11.5. The fraction of sp³-hybridized carbons (Fsp3) is 0. The fourth-order valence-electron chi connectivity index (χ4n) is 1.58. The maximum atomic E-state index is 10.8. The Balaban J connectivity index is 2.35. The van der Waals surface area contributed by atoms with Crippen LogP contribution in [0, 0.1) is 10.1 Å². The lowest BCUT2D eigenvalue weighted by atomic mass is 10.1. The molecule has 2 aromatic rings. The zero-order valence-electron chi connectivity index (χ0n) is 9.42. The van der Waals surface area contributed by atoms with Gasteiger partial charge in [-0.25, -0.2) is 0 Å². The minimum absolute atomic E-state index is 0.0841. The largest absolute Gasteiger partial charge is 0.276 e. The van der Waals surface area contributed by atoms with Crippen LogP contribution in [0.5, 0.6) is 0 Å². The molecular formula is C14H10ClNO2. The second kappa shape index (κ2) is 5.47. The van der Waals surface area contributed by atoms with Gasteiger partial charge in [-0.15, -0.1) is 0 Å². The average molecular weight is 260 g/mol. The molecule has 0 aromatic heterocycles. The van der Waals surface area contributed by atoms with Crippen molar-refractivity contribution in [2.24, 2.45) is 0 Å². The molecule has 3 nitrogen and oxygen atoms in total. The van der Waals surface area contributed by atoms with Crippen LogP contribution in [-0.2, 0) is 0 Å². The van der Waals surface area contributed by atoms with E-state index in [-0.39, 0.29) is 5.69 Å². The van der Waals surface area contributed by atoms with Gasteiger partial charge >= 0.3 is 0 Å². The van der Waals surface area contributed by atoms with Crippen molar-refractivity contribution in [1.82, 2.24) is 0 Å². The summed E-state index contributed by atoms with van der Waals surface area (Å²) < 4.78 is 0. The van der Waals surface area contributed by atoms with Gasteiger partial charge in [0.25, 0.3) is 5.69 Å². The Morgan fingerprint density at radius 1 is 0.944 bits per heavy atom. The fourth-order valence-corrected chi connectivity index (χ4v) is 1.78. The number of halogens is 1. The monoisotopic (exact) mass is 259 g/mol. The Hall–Kier alpha value is -2.13. The molecule has 18 heavy (non-hydrogen) atoms. The van der Waals surface area contributed by atoms with Crippen molar-refractivity contribution >= 4 is 29.4 Å². The smallest absolute Gasteiger partial charge is 0.258 e. The number of nitrogens with zero attached hydrogens (tertiary/aromatic N) is 1. The quantitative estimate of drug-likeness (QED) is 0.465. The normalized spacial score (nSPS) is 10.7. The van der Waals surface area contributed by atoms with Crippen LogP contribution in [0.1, 0.15) is 11.1 Å². The molecule has 0 amide bonds. The zero-order valence-corrected chi connectivity index (χ0v) is 10.2. The lowest BCUT2D eigenvalue weighted by molar-refractivity contribution is -0.385. The van der Waals surface area contributed by atoms with E-state index in [4.69, 9.17) is 11.6 Å². The highest BCUT2D eigenvalue weighted by molar-refractivity contribution is 6.32. The van der Waals surface area contributed by atoms with Crippen molar-refractivity contribution < 1.29 is 4.92 Å². The van der Waals surface area contributed by atoms with E-state index >= 15 is 0 Å². The van der Waals surface area contributed by atoms with Gasteiger partial charge in [-0.3, -0.25) is 10.1 Å². The molecule has 2 aromatic carbocycles. The lowest BCUT2D eigenvalue weighted by Gasteiger charge is -1.98. The number of rotatable bonds is 3. The third kappa shape index (κ3) is 2.76. The predicted molar refractivity (Wildman–Crippen MR) is 73.5 cm³/mol. The first-order valence-corrected chi connectivity index (χ1v) is 5.72. The average Bonchev–Trinajstić information content (AvgIpc) is 2.38. The van der Waals surface area contributed by atoms with E-state index < -0.39 is 4.92 Å². The Labute approximate surface area is 109 Å². The third-order valence-corrected chi connectivity index (χ3v) is 2.83. The van der Waals surface area contributed by atoms with Crippen LogP contribution in [0.3, 0.4) is 0 Å². The Bertz CT molecular complexity index is 608. The molecule has 4 heteroatoms. The van der Waals surface area contributed by atoms with E-state index in [1.807, 2.05) is 18.2 Å². The molecule has 0 aliphatic carbocycles. The summed E-state index contributed by atoms with van der Waals surface area (Å²) in [6, 6.07) is 13.9. The first-order valence-electron chi connectivity index (χ1n) is 5.34. The summed E-state index contributed by atoms with van der Waals surface area (Å²) in [5.41, 5.74) is 1.47. The Kier molecular flexibility index (Phi) is 3.75. The molecule has 0 spiro atoms. The summed E-state index contributed by atoms with van der Waals surface area (Å²) >= 11 is 6.01. The van der Waals surface area contributed by atoms with Crippen LogP contribution >= 0.6 is 11.6 Å². The van der Waals surface area contributed by atoms with Crippen LogP contribution in [0.15, 0.2) is 48.5 Å². The van der Waals surface area contributed by atoms with Gasteiger partial charge in [-0.05, 0) is 23.8 Å². The van der Waals surface area contributed by atoms with Crippen LogP contribution in [0.25, 0.3) is 12.2 Å². The van der Waals surface area contributed by atoms with Crippen molar-refractivity contribution in [2.75, 3.05) is 0 Å². The summed E-state index contributed by atoms with van der Waals surface area (Å²) in [7, 11) is 0. The molecule has 0 aliphatic rings. The van der Waals surface area contributed by atoms with Gasteiger partial charge in [0.05, 0.1) is 10.5 Å². The molecule has 0 aliphatic heterocycles. The zero-order chi connectivity index (χ0) is 13.0. The van der Waals surface area contributed by atoms with E-state index in [9.17, 15) is 10.1 Å². The predicted octanol–water partition coefficient (Wildman–Crippen LogP) is 4.42. The molecule has 0 fully saturated rings. The lowest BCUT2D eigenvalue weighted by Crippen LogP contribution is -1.90. The van der Waals surface area contributed by atoms with Gasteiger partial charge in [-0.1, -0.05) is 48.0 Å². The Morgan fingerprint density at radius 2 is 1.50 bits per heavy atom. The van der Waals surface area contributed by atoms with Crippen molar-refractivity contribution in [3.05, 3.63) is 74.8 Å². The number of hydrogen-bond donors (Lipinski definition) is 0. The van der Waals surface area contributed by atoms with E-state index in [1.54, 1.807) is 36.4 Å². The molecule has 0 heterocycles. The van der Waals surface area contributed by atoms with Crippen molar-refractivity contribution in [2.45, 2.75) is 0 Å². The molecule has 0 saturated carbocycles. The summed E-state index contributed by atoms with van der Waals surface area (Å²) in [6.45, 7) is 0. The summed E-state index contributed by atoms with van der Waals surface area (Å²) in [4.78, 5) is 10.4. The number of nitro benzene ring substituents is 1. The summed E-state index contributed by atoms with van der Waals surface area (Å²) in [6.07, 6.45) is 3.46. The number of hydrogen-bond acceptors (Lipinski definition) is 2. The van der Waals surface area contributed by atoms with Gasteiger partial charge in [0.2, 0.25) is 0 Å². The van der Waals surface area contributed by atoms with Gasteiger partial charge in [0, 0.05) is 11.1 Å². The minimum Gasteiger partial charge on any atom is -0.258 e. The van der Waals surface area contributed by atoms with E-state index in [2.05, 4.69) is 0 Å². The number of para-hydroxylation sites is 1. The van der Waals surface area contributed by atoms with Crippen LogP contribution in [0.4, 0.5) is 5.69 Å². The van der Waals surface area contributed by atoms with Gasteiger partial charge in [0.1, 0.15) is 0 Å². The highest BCUT2D eigenvalue weighted by atomic mass is 35.5. The van der Waals surface area contributed by atoms with Gasteiger partial charge in [-0.2, -0.15) is 0 Å². The molecule has 0 radical (unpaired) electrons. The minimum atomic E-state index is -0.397. The van der Waals surface area contributed by atoms with Crippen molar-refractivity contribution in [3.8, 4) is 0 Å². The topological polar surface area (TPSA) is 43.1 Å². The molecule has 0 N–H and O–H groups in total. The van der Waals surface area contributed by atoms with Gasteiger partial charge < -0.3 is 0 Å². The van der Waals surface area contributed by atoms with Crippen LogP contribution in [-0.4, -0.2) is 4.92 Å². The second-order valence-electron chi connectivity index (χ2n) is 3.67. The van der Waals surface area contributed by atoms with E-state index in [0.29, 0.717) is 10.6 Å². The molecule has 90 valence electrons. The maximum absolute atomic E-state index is 10.8. The SMILES string of the molecule is O=[N+]([O-])c1ccccc1/C=C/c1ccccc1Cl. The molecular weight excluding hydrogens is 250 g/mol. The highest BCUT2D eigenvalue weighted by Crippen LogP contribution is 2.22. The molecule has 0 atom stereocenters. The summed E-state index contributed by atoms with van der Waals surface area (Å²) in [5.74, 6) is 0. The van der Waals surface area contributed by atoms with Crippen LogP contribution < -0.4 is 0 Å². The number of benzene rings is 2. The maximum Gasteiger partial charge on any atom is 0.276 e. The van der Waals surface area contributed by atoms with Crippen LogP contribution in [0.2, 0.25) is 5.02 Å². The highest BCUT2D eigenvalue weighted by Gasteiger charge is 2.09. The van der Waals surface area contributed by atoms with Crippen molar-refractivity contribution in [3.63, 3.8) is 0 Å². The third-order valence-electron chi connectivity index (χ3n) is 2.48. The molecule has 0 bridgehead atoms. The van der Waals surface area contributed by atoms with E-state index in [0.717, 1.165) is 5.56 Å². The van der Waals surface area contributed by atoms with E-state index in [1.165, 1.54) is 6.07 Å². The first kappa shape index (κ1) is 12.3. The molecule has 0 unspecified atom stereocenters. The Morgan fingerprint density at radius 3 is 2.17 bits per heavy atom.